The fourth-order valence-electron chi connectivity index (χ4n) is 3.97. The van der Waals surface area contributed by atoms with Gasteiger partial charge in [-0.1, -0.05) is 23.7 Å². The Morgan fingerprint density at radius 2 is 1.91 bits per heavy atom. The highest BCUT2D eigenvalue weighted by molar-refractivity contribution is 6.30. The van der Waals surface area contributed by atoms with Crippen molar-refractivity contribution in [1.82, 2.24) is 15.5 Å². The molecule has 33 heavy (non-hydrogen) atoms. The largest absolute Gasteiger partial charge is 0.412 e. The SMILES string of the molecule is O=C1CCC(N2Cc3cc(C(=O)NC(c4cccc(Cl)c4)C(F)(F)F)ccc3C2=O)C(=O)N1. The average Bonchev–Trinajstić information content (AvgIpc) is 3.06. The molecule has 2 heterocycles. The molecule has 4 rings (SSSR count). The van der Waals surface area contributed by atoms with Gasteiger partial charge in [0.15, 0.2) is 6.04 Å². The lowest BCUT2D eigenvalue weighted by atomic mass is 10.0. The predicted octanol–water partition coefficient (Wildman–Crippen LogP) is 3.13. The topological polar surface area (TPSA) is 95.6 Å². The van der Waals surface area contributed by atoms with Gasteiger partial charge in [-0.25, -0.2) is 0 Å². The third-order valence-electron chi connectivity index (χ3n) is 5.57. The number of nitrogens with one attached hydrogen (secondary N) is 2. The molecule has 7 nitrogen and oxygen atoms in total. The van der Waals surface area contributed by atoms with Crippen LogP contribution >= 0.6 is 11.6 Å². The summed E-state index contributed by atoms with van der Waals surface area (Å²) in [5.74, 6) is -2.43. The van der Waals surface area contributed by atoms with Gasteiger partial charge in [0, 0.05) is 29.1 Å². The molecule has 0 aliphatic carbocycles. The van der Waals surface area contributed by atoms with Gasteiger partial charge in [0.1, 0.15) is 6.04 Å². The molecular weight excluding hydrogens is 463 g/mol. The van der Waals surface area contributed by atoms with Crippen molar-refractivity contribution in [3.8, 4) is 0 Å². The van der Waals surface area contributed by atoms with Crippen LogP contribution in [0.25, 0.3) is 0 Å². The van der Waals surface area contributed by atoms with Crippen LogP contribution in [-0.2, 0) is 16.1 Å². The Balaban J connectivity index is 1.55. The molecule has 11 heteroatoms. The van der Waals surface area contributed by atoms with E-state index in [1.165, 1.54) is 41.3 Å². The maximum atomic E-state index is 13.6. The number of nitrogens with zero attached hydrogens (tertiary/aromatic N) is 1. The molecule has 2 N–H and O–H groups in total. The van der Waals surface area contributed by atoms with Gasteiger partial charge < -0.3 is 10.2 Å². The number of rotatable bonds is 4. The lowest BCUT2D eigenvalue weighted by Gasteiger charge is -2.29. The number of carbonyl (C=O) groups excluding carboxylic acids is 4. The number of alkyl halides is 3. The van der Waals surface area contributed by atoms with E-state index in [9.17, 15) is 32.3 Å². The Hall–Kier alpha value is -3.40. The number of piperidine rings is 1. The Morgan fingerprint density at radius 1 is 1.15 bits per heavy atom. The maximum Gasteiger partial charge on any atom is 0.412 e. The van der Waals surface area contributed by atoms with Gasteiger partial charge in [0.25, 0.3) is 11.8 Å². The normalized spacial score (nSPS) is 19.2. The molecule has 2 aliphatic heterocycles. The number of hydrogen-bond acceptors (Lipinski definition) is 4. The third kappa shape index (κ3) is 4.56. The molecule has 172 valence electrons. The van der Waals surface area contributed by atoms with Gasteiger partial charge in [-0.3, -0.25) is 24.5 Å². The van der Waals surface area contributed by atoms with Crippen LogP contribution in [0.2, 0.25) is 5.02 Å². The van der Waals surface area contributed by atoms with E-state index in [0.29, 0.717) is 5.56 Å². The van der Waals surface area contributed by atoms with Crippen LogP contribution < -0.4 is 10.6 Å². The summed E-state index contributed by atoms with van der Waals surface area (Å²) in [6, 6.07) is 5.93. The Labute approximate surface area is 190 Å². The fraction of sp³-hybridized carbons (Fsp3) is 0.273. The number of hydrogen-bond donors (Lipinski definition) is 2. The lowest BCUT2D eigenvalue weighted by molar-refractivity contribution is -0.155. The summed E-state index contributed by atoms with van der Waals surface area (Å²) in [6.45, 7) is -0.00143. The van der Waals surface area contributed by atoms with Gasteiger partial charge >= 0.3 is 6.18 Å². The summed E-state index contributed by atoms with van der Waals surface area (Å²) in [4.78, 5) is 50.2. The highest BCUT2D eigenvalue weighted by atomic mass is 35.5. The van der Waals surface area contributed by atoms with E-state index >= 15 is 0 Å². The van der Waals surface area contributed by atoms with Crippen molar-refractivity contribution >= 4 is 35.2 Å². The minimum Gasteiger partial charge on any atom is -0.337 e. The van der Waals surface area contributed by atoms with E-state index in [4.69, 9.17) is 11.6 Å². The standard InChI is InChI=1S/C22H17ClF3N3O4/c23-14-3-1-2-11(9-14)18(22(24,25)26)28-19(31)12-4-5-15-13(8-12)10-29(21(15)33)16-6-7-17(30)27-20(16)32/h1-5,8-9,16,18H,6-7,10H2,(H,28,31)(H,27,30,32). The third-order valence-corrected chi connectivity index (χ3v) is 5.81. The lowest BCUT2D eigenvalue weighted by Crippen LogP contribution is -2.52. The zero-order valence-electron chi connectivity index (χ0n) is 16.9. The molecule has 0 bridgehead atoms. The second kappa shape index (κ2) is 8.51. The first kappa shape index (κ1) is 22.8. The molecule has 2 aromatic rings. The zero-order chi connectivity index (χ0) is 23.9. The van der Waals surface area contributed by atoms with Crippen LogP contribution in [0.15, 0.2) is 42.5 Å². The molecule has 4 amide bonds. The van der Waals surface area contributed by atoms with Gasteiger partial charge in [0.05, 0.1) is 0 Å². The number of fused-ring (bicyclic) bond motifs is 1. The molecule has 0 aromatic heterocycles. The first-order valence-electron chi connectivity index (χ1n) is 9.95. The van der Waals surface area contributed by atoms with Crippen LogP contribution in [0.1, 0.15) is 50.7 Å². The average molecular weight is 480 g/mol. The molecule has 1 saturated heterocycles. The first-order chi connectivity index (χ1) is 15.5. The van der Waals surface area contributed by atoms with Crippen LogP contribution in [0.4, 0.5) is 13.2 Å². The summed E-state index contributed by atoms with van der Waals surface area (Å²) in [7, 11) is 0. The Kier molecular flexibility index (Phi) is 5.87. The Morgan fingerprint density at radius 3 is 2.58 bits per heavy atom. The van der Waals surface area contributed by atoms with E-state index in [1.54, 1.807) is 0 Å². The molecule has 2 aliphatic rings. The van der Waals surface area contributed by atoms with Crippen molar-refractivity contribution in [2.45, 2.75) is 37.6 Å². The van der Waals surface area contributed by atoms with E-state index < -0.39 is 41.9 Å². The highest BCUT2D eigenvalue weighted by Crippen LogP contribution is 2.34. The van der Waals surface area contributed by atoms with Gasteiger partial charge in [0.2, 0.25) is 11.8 Å². The van der Waals surface area contributed by atoms with Crippen molar-refractivity contribution in [1.29, 1.82) is 0 Å². The number of benzene rings is 2. The highest BCUT2D eigenvalue weighted by Gasteiger charge is 2.43. The second-order valence-corrected chi connectivity index (χ2v) is 8.21. The monoisotopic (exact) mass is 479 g/mol. The molecule has 0 radical (unpaired) electrons. The van der Waals surface area contributed by atoms with Gasteiger partial charge in [-0.05, 0) is 47.9 Å². The summed E-state index contributed by atoms with van der Waals surface area (Å²) < 4.78 is 40.9. The van der Waals surface area contributed by atoms with E-state index in [1.807, 2.05) is 5.32 Å². The molecule has 0 saturated carbocycles. The molecule has 2 unspecified atom stereocenters. The van der Waals surface area contributed by atoms with Crippen LogP contribution in [0.5, 0.6) is 0 Å². The first-order valence-corrected chi connectivity index (χ1v) is 10.3. The molecule has 2 aromatic carbocycles. The summed E-state index contributed by atoms with van der Waals surface area (Å²) in [5.41, 5.74) is 0.369. The van der Waals surface area contributed by atoms with Crippen molar-refractivity contribution in [2.24, 2.45) is 0 Å². The fourth-order valence-corrected chi connectivity index (χ4v) is 4.17. The van der Waals surface area contributed by atoms with Crippen LogP contribution in [-0.4, -0.2) is 40.7 Å². The van der Waals surface area contributed by atoms with E-state index in [-0.39, 0.29) is 41.1 Å². The van der Waals surface area contributed by atoms with Crippen molar-refractivity contribution < 1.29 is 32.3 Å². The Bertz CT molecular complexity index is 1170. The molecule has 2 atom stereocenters. The van der Waals surface area contributed by atoms with Gasteiger partial charge in [-0.2, -0.15) is 13.2 Å². The predicted molar refractivity (Wildman–Crippen MR) is 110 cm³/mol. The number of amides is 4. The number of imide groups is 1. The molecule has 1 fully saturated rings. The van der Waals surface area contributed by atoms with Crippen molar-refractivity contribution in [3.63, 3.8) is 0 Å². The smallest absolute Gasteiger partial charge is 0.337 e. The molecule has 0 spiro atoms. The van der Waals surface area contributed by atoms with Crippen molar-refractivity contribution in [2.75, 3.05) is 0 Å². The number of carbonyl (C=O) groups is 4. The van der Waals surface area contributed by atoms with Crippen LogP contribution in [0.3, 0.4) is 0 Å². The van der Waals surface area contributed by atoms with Crippen LogP contribution in [0, 0.1) is 0 Å². The maximum absolute atomic E-state index is 13.6. The van der Waals surface area contributed by atoms with Crippen molar-refractivity contribution in [3.05, 3.63) is 69.7 Å². The van der Waals surface area contributed by atoms with E-state index in [0.717, 1.165) is 6.07 Å². The van der Waals surface area contributed by atoms with E-state index in [2.05, 4.69) is 5.32 Å². The summed E-state index contributed by atoms with van der Waals surface area (Å²) in [5, 5.41) is 4.27. The zero-order valence-corrected chi connectivity index (χ0v) is 17.7. The molecular formula is C22H17ClF3N3O4. The minimum atomic E-state index is -4.77. The quantitative estimate of drug-likeness (QED) is 0.659. The minimum absolute atomic E-state index is 0.00143. The van der Waals surface area contributed by atoms with Gasteiger partial charge in [-0.15, -0.1) is 0 Å². The summed E-state index contributed by atoms with van der Waals surface area (Å²) >= 11 is 5.80. The number of halogens is 4. The summed E-state index contributed by atoms with van der Waals surface area (Å²) in [6.07, 6.45) is -4.51. The second-order valence-electron chi connectivity index (χ2n) is 7.77.